The Morgan fingerprint density at radius 1 is 0.769 bits per heavy atom. The third-order valence-electron chi connectivity index (χ3n) is 4.80. The van der Waals surface area contributed by atoms with E-state index in [1.165, 1.54) is 0 Å². The highest BCUT2D eigenvalue weighted by Crippen LogP contribution is 2.28. The lowest BCUT2D eigenvalue weighted by Gasteiger charge is -2.18. The van der Waals surface area contributed by atoms with Crippen LogP contribution in [0, 0.1) is 0 Å². The van der Waals surface area contributed by atoms with E-state index in [0.717, 1.165) is 65.0 Å². The average Bonchev–Trinajstić information content (AvgIpc) is 2.70. The number of pyridine rings is 1. The maximum Gasteiger partial charge on any atom is 0.155 e. The largest absolute Gasteiger partial charge is 0.367 e. The van der Waals surface area contributed by atoms with Gasteiger partial charge in [-0.2, -0.15) is 0 Å². The lowest BCUT2D eigenvalue weighted by Crippen LogP contribution is -2.28. The van der Waals surface area contributed by atoms with Gasteiger partial charge in [0.25, 0.3) is 0 Å². The highest BCUT2D eigenvalue weighted by molar-refractivity contribution is 6.08. The molecular weight excluding hydrogens is 322 g/mol. The molecule has 5 nitrogen and oxygen atoms in total. The summed E-state index contributed by atoms with van der Waals surface area (Å²) in [6, 6.07) is 16.1. The molecule has 0 aliphatic rings. The molecular formula is C21H23N5. The Morgan fingerprint density at radius 3 is 2.08 bits per heavy atom. The number of rotatable bonds is 6. The van der Waals surface area contributed by atoms with Gasteiger partial charge in [0.05, 0.1) is 16.6 Å². The maximum atomic E-state index is 4.89. The van der Waals surface area contributed by atoms with Gasteiger partial charge >= 0.3 is 0 Å². The van der Waals surface area contributed by atoms with Gasteiger partial charge in [0, 0.05) is 18.5 Å². The minimum atomic E-state index is 0.809. The Balaban J connectivity index is 1.83. The lowest BCUT2D eigenvalue weighted by molar-refractivity contribution is 0.316. The smallest absolute Gasteiger partial charge is 0.155 e. The van der Waals surface area contributed by atoms with Crippen LogP contribution in [0.25, 0.3) is 33.0 Å². The van der Waals surface area contributed by atoms with E-state index in [0.29, 0.717) is 0 Å². The fourth-order valence-corrected chi connectivity index (χ4v) is 3.29. The summed E-state index contributed by atoms with van der Waals surface area (Å²) < 4.78 is 0. The van der Waals surface area contributed by atoms with Gasteiger partial charge < -0.3 is 10.2 Å². The summed E-state index contributed by atoms with van der Waals surface area (Å²) in [4.78, 5) is 17.0. The molecule has 0 radical (unpaired) electrons. The molecule has 0 fully saturated rings. The third-order valence-corrected chi connectivity index (χ3v) is 4.80. The first kappa shape index (κ1) is 16.7. The first-order valence-corrected chi connectivity index (χ1v) is 9.21. The number of likely N-dealkylation sites (N-methyl/N-ethyl adjacent to an activating group) is 1. The van der Waals surface area contributed by atoms with Gasteiger partial charge in [-0.25, -0.2) is 15.0 Å². The van der Waals surface area contributed by atoms with Crippen molar-refractivity contribution in [1.29, 1.82) is 0 Å². The minimum Gasteiger partial charge on any atom is -0.367 e. The van der Waals surface area contributed by atoms with Gasteiger partial charge in [0.15, 0.2) is 5.82 Å². The van der Waals surface area contributed by atoms with Crippen molar-refractivity contribution in [2.24, 2.45) is 0 Å². The van der Waals surface area contributed by atoms with Crippen LogP contribution in [0.1, 0.15) is 13.8 Å². The molecule has 0 unspecified atom stereocenters. The van der Waals surface area contributed by atoms with Crippen molar-refractivity contribution in [3.63, 3.8) is 0 Å². The number of anilines is 1. The van der Waals surface area contributed by atoms with Crippen LogP contribution in [0.4, 0.5) is 5.82 Å². The van der Waals surface area contributed by atoms with Crippen molar-refractivity contribution in [3.8, 4) is 0 Å². The fraction of sp³-hybridized carbons (Fsp3) is 0.286. The second-order valence-corrected chi connectivity index (χ2v) is 6.34. The normalized spacial score (nSPS) is 11.7. The molecule has 1 N–H and O–H groups in total. The summed E-state index contributed by atoms with van der Waals surface area (Å²) in [5.74, 6) is 0.809. The number of nitrogens with one attached hydrogen (secondary N) is 1. The molecule has 5 heteroatoms. The van der Waals surface area contributed by atoms with Crippen molar-refractivity contribution in [2.45, 2.75) is 13.8 Å². The standard InChI is InChI=1S/C21H23N5/c1-3-26(4-2)14-13-22-21-20-19(15-9-5-6-10-16(15)25-21)23-17-11-7-8-12-18(17)24-20/h5-12H,3-4,13-14H2,1-2H3,(H,22,25). The summed E-state index contributed by atoms with van der Waals surface area (Å²) in [7, 11) is 0. The zero-order chi connectivity index (χ0) is 17.9. The average molecular weight is 345 g/mol. The SMILES string of the molecule is CCN(CC)CCNc1nc2ccccc2c2nc3ccccc3nc12. The van der Waals surface area contributed by atoms with Crippen molar-refractivity contribution < 1.29 is 0 Å². The number of para-hydroxylation sites is 3. The van der Waals surface area contributed by atoms with Crippen molar-refractivity contribution in [3.05, 3.63) is 48.5 Å². The molecule has 0 atom stereocenters. The summed E-state index contributed by atoms with van der Waals surface area (Å²) in [5.41, 5.74) is 4.48. The van der Waals surface area contributed by atoms with E-state index in [4.69, 9.17) is 15.0 Å². The fourth-order valence-electron chi connectivity index (χ4n) is 3.29. The summed E-state index contributed by atoms with van der Waals surface area (Å²) in [5, 5.41) is 4.53. The predicted octanol–water partition coefficient (Wildman–Crippen LogP) is 4.08. The maximum absolute atomic E-state index is 4.89. The molecule has 0 saturated heterocycles. The van der Waals surface area contributed by atoms with E-state index < -0.39 is 0 Å². The van der Waals surface area contributed by atoms with E-state index >= 15 is 0 Å². The first-order chi connectivity index (χ1) is 12.8. The molecule has 0 aliphatic heterocycles. The molecule has 4 aromatic rings. The molecule has 0 saturated carbocycles. The van der Waals surface area contributed by atoms with Crippen LogP contribution in [-0.2, 0) is 0 Å². The quantitative estimate of drug-likeness (QED) is 0.421. The van der Waals surface area contributed by atoms with E-state index in [2.05, 4.69) is 30.1 Å². The Morgan fingerprint density at radius 2 is 1.38 bits per heavy atom. The Labute approximate surface area is 153 Å². The predicted molar refractivity (Wildman–Crippen MR) is 109 cm³/mol. The Kier molecular flexibility index (Phi) is 4.63. The van der Waals surface area contributed by atoms with Crippen LogP contribution >= 0.6 is 0 Å². The molecule has 2 aromatic heterocycles. The second-order valence-electron chi connectivity index (χ2n) is 6.34. The van der Waals surface area contributed by atoms with Crippen molar-refractivity contribution in [2.75, 3.05) is 31.5 Å². The number of nitrogens with zero attached hydrogens (tertiary/aromatic N) is 4. The molecule has 2 aromatic carbocycles. The summed E-state index contributed by atoms with van der Waals surface area (Å²) in [6.45, 7) is 8.28. The van der Waals surface area contributed by atoms with Gasteiger partial charge in [-0.15, -0.1) is 0 Å². The number of aromatic nitrogens is 3. The molecule has 26 heavy (non-hydrogen) atoms. The van der Waals surface area contributed by atoms with Crippen LogP contribution in [0.2, 0.25) is 0 Å². The van der Waals surface area contributed by atoms with Crippen LogP contribution < -0.4 is 5.32 Å². The summed E-state index contributed by atoms with van der Waals surface area (Å²) >= 11 is 0. The van der Waals surface area contributed by atoms with Crippen molar-refractivity contribution in [1.82, 2.24) is 19.9 Å². The highest BCUT2D eigenvalue weighted by Gasteiger charge is 2.12. The zero-order valence-corrected chi connectivity index (χ0v) is 15.2. The van der Waals surface area contributed by atoms with Crippen LogP contribution in [-0.4, -0.2) is 46.0 Å². The molecule has 2 heterocycles. The second kappa shape index (κ2) is 7.22. The third kappa shape index (κ3) is 3.06. The molecule has 0 amide bonds. The monoisotopic (exact) mass is 345 g/mol. The van der Waals surface area contributed by atoms with Crippen LogP contribution in [0.5, 0.6) is 0 Å². The topological polar surface area (TPSA) is 53.9 Å². The Bertz CT molecular complexity index is 1060. The summed E-state index contributed by atoms with van der Waals surface area (Å²) in [6.07, 6.45) is 0. The van der Waals surface area contributed by atoms with Gasteiger partial charge in [0.2, 0.25) is 0 Å². The zero-order valence-electron chi connectivity index (χ0n) is 15.2. The van der Waals surface area contributed by atoms with E-state index in [9.17, 15) is 0 Å². The van der Waals surface area contributed by atoms with E-state index in [1.54, 1.807) is 0 Å². The molecule has 0 bridgehead atoms. The Hall–Kier alpha value is -2.79. The first-order valence-electron chi connectivity index (χ1n) is 9.21. The van der Waals surface area contributed by atoms with Crippen LogP contribution in [0.3, 0.4) is 0 Å². The lowest BCUT2D eigenvalue weighted by atomic mass is 10.1. The molecule has 4 rings (SSSR count). The highest BCUT2D eigenvalue weighted by atomic mass is 15.1. The van der Waals surface area contributed by atoms with Crippen LogP contribution in [0.15, 0.2) is 48.5 Å². The number of fused-ring (bicyclic) bond motifs is 4. The molecule has 0 spiro atoms. The van der Waals surface area contributed by atoms with Gasteiger partial charge in [0.1, 0.15) is 11.0 Å². The van der Waals surface area contributed by atoms with Gasteiger partial charge in [-0.1, -0.05) is 44.2 Å². The van der Waals surface area contributed by atoms with E-state index in [-0.39, 0.29) is 0 Å². The van der Waals surface area contributed by atoms with Crippen molar-refractivity contribution >= 4 is 38.8 Å². The number of hydrogen-bond acceptors (Lipinski definition) is 5. The molecule has 132 valence electrons. The van der Waals surface area contributed by atoms with E-state index in [1.807, 2.05) is 42.5 Å². The molecule has 0 aliphatic carbocycles. The number of hydrogen-bond donors (Lipinski definition) is 1. The van der Waals surface area contributed by atoms with Gasteiger partial charge in [-0.05, 0) is 31.3 Å². The van der Waals surface area contributed by atoms with Gasteiger partial charge in [-0.3, -0.25) is 0 Å². The minimum absolute atomic E-state index is 0.809. The number of benzene rings is 2.